The first-order valence-corrected chi connectivity index (χ1v) is 8.14. The van der Waals surface area contributed by atoms with E-state index in [0.29, 0.717) is 5.88 Å². The third kappa shape index (κ3) is 3.05. The summed E-state index contributed by atoms with van der Waals surface area (Å²) in [7, 11) is 1.64. The van der Waals surface area contributed by atoms with Crippen molar-refractivity contribution in [1.82, 2.24) is 14.9 Å². The largest absolute Gasteiger partial charge is 0.481 e. The Morgan fingerprint density at radius 3 is 2.62 bits per heavy atom. The average Bonchev–Trinajstić information content (AvgIpc) is 3.06. The highest BCUT2D eigenvalue weighted by Crippen LogP contribution is 2.22. The number of benzene rings is 1. The van der Waals surface area contributed by atoms with Crippen LogP contribution in [0.5, 0.6) is 5.88 Å². The van der Waals surface area contributed by atoms with Crippen molar-refractivity contribution < 1.29 is 9.15 Å². The molecule has 0 bridgehead atoms. The van der Waals surface area contributed by atoms with E-state index in [-0.39, 0.29) is 0 Å². The molecule has 0 saturated carbocycles. The Bertz CT molecular complexity index is 792. The first-order valence-electron chi connectivity index (χ1n) is 8.14. The molecule has 1 saturated heterocycles. The summed E-state index contributed by atoms with van der Waals surface area (Å²) in [5.41, 5.74) is 2.79. The summed E-state index contributed by atoms with van der Waals surface area (Å²) >= 11 is 0. The Morgan fingerprint density at radius 1 is 1.00 bits per heavy atom. The highest BCUT2D eigenvalue weighted by molar-refractivity contribution is 5.74. The third-order valence-electron chi connectivity index (χ3n) is 4.30. The molecule has 1 aliphatic rings. The van der Waals surface area contributed by atoms with E-state index in [1.165, 1.54) is 0 Å². The van der Waals surface area contributed by atoms with E-state index in [1.54, 1.807) is 7.11 Å². The van der Waals surface area contributed by atoms with Crippen molar-refractivity contribution in [1.29, 1.82) is 0 Å². The predicted octanol–water partition coefficient (Wildman–Crippen LogP) is 2.55. The maximum atomic E-state index is 5.86. The quantitative estimate of drug-likeness (QED) is 0.735. The number of hydrogen-bond acceptors (Lipinski definition) is 6. The van der Waals surface area contributed by atoms with E-state index >= 15 is 0 Å². The van der Waals surface area contributed by atoms with Gasteiger partial charge in [-0.05, 0) is 18.2 Å². The van der Waals surface area contributed by atoms with E-state index < -0.39 is 0 Å². The lowest BCUT2D eigenvalue weighted by Crippen LogP contribution is -2.46. The summed E-state index contributed by atoms with van der Waals surface area (Å²) in [6.45, 7) is 4.54. The smallest absolute Gasteiger partial charge is 0.298 e. The zero-order chi connectivity index (χ0) is 16.4. The van der Waals surface area contributed by atoms with Crippen LogP contribution in [0.1, 0.15) is 5.69 Å². The van der Waals surface area contributed by atoms with E-state index in [4.69, 9.17) is 9.15 Å². The van der Waals surface area contributed by atoms with Gasteiger partial charge in [-0.1, -0.05) is 18.2 Å². The number of fused-ring (bicyclic) bond motifs is 1. The number of ether oxygens (including phenoxy) is 1. The molecule has 0 radical (unpaired) electrons. The number of oxazole rings is 1. The number of anilines is 1. The number of para-hydroxylation sites is 2. The fraction of sp³-hybridized carbons (Fsp3) is 0.333. The van der Waals surface area contributed by atoms with Crippen LogP contribution in [-0.2, 0) is 6.54 Å². The number of rotatable bonds is 4. The molecule has 6 heteroatoms. The Kier molecular flexibility index (Phi) is 4.04. The molecule has 3 heterocycles. The first-order chi connectivity index (χ1) is 11.8. The van der Waals surface area contributed by atoms with Gasteiger partial charge in [0.2, 0.25) is 5.88 Å². The highest BCUT2D eigenvalue weighted by atomic mass is 16.5. The minimum atomic E-state index is 0.664. The van der Waals surface area contributed by atoms with Crippen LogP contribution in [-0.4, -0.2) is 48.2 Å². The summed E-state index contributed by atoms with van der Waals surface area (Å²) in [5.74, 6) is 0.664. The van der Waals surface area contributed by atoms with Crippen LogP contribution in [0, 0.1) is 0 Å². The number of nitrogens with zero attached hydrogens (tertiary/aromatic N) is 4. The van der Waals surface area contributed by atoms with E-state index in [2.05, 4.69) is 19.8 Å². The van der Waals surface area contributed by atoms with Gasteiger partial charge in [0.15, 0.2) is 5.58 Å². The first kappa shape index (κ1) is 15.0. The third-order valence-corrected chi connectivity index (χ3v) is 4.30. The fourth-order valence-electron chi connectivity index (χ4n) is 2.98. The fourth-order valence-corrected chi connectivity index (χ4v) is 2.98. The van der Waals surface area contributed by atoms with Crippen LogP contribution in [0.4, 0.5) is 6.01 Å². The van der Waals surface area contributed by atoms with E-state index in [0.717, 1.165) is 55.5 Å². The predicted molar refractivity (Wildman–Crippen MR) is 92.3 cm³/mol. The molecule has 0 aliphatic carbocycles. The second kappa shape index (κ2) is 6.49. The maximum absolute atomic E-state index is 5.86. The monoisotopic (exact) mass is 324 g/mol. The molecule has 0 unspecified atom stereocenters. The van der Waals surface area contributed by atoms with Crippen molar-refractivity contribution >= 4 is 17.1 Å². The summed E-state index contributed by atoms with van der Waals surface area (Å²) in [6.07, 6.45) is 0. The van der Waals surface area contributed by atoms with Gasteiger partial charge in [-0.2, -0.15) is 4.98 Å². The SMILES string of the molecule is COc1cccc(CN2CCN(c3nc4ccccc4o3)CC2)n1. The van der Waals surface area contributed by atoms with Crippen LogP contribution in [0.2, 0.25) is 0 Å². The number of hydrogen-bond donors (Lipinski definition) is 0. The molecule has 124 valence electrons. The van der Waals surface area contributed by atoms with Crippen molar-refractivity contribution in [3.8, 4) is 5.88 Å². The molecule has 0 amide bonds. The molecule has 1 aromatic carbocycles. The van der Waals surface area contributed by atoms with Crippen LogP contribution >= 0.6 is 0 Å². The molecule has 3 aromatic rings. The van der Waals surface area contributed by atoms with Crippen molar-refractivity contribution in [3.63, 3.8) is 0 Å². The highest BCUT2D eigenvalue weighted by Gasteiger charge is 2.21. The lowest BCUT2D eigenvalue weighted by atomic mass is 10.3. The van der Waals surface area contributed by atoms with Gasteiger partial charge in [-0.15, -0.1) is 0 Å². The average molecular weight is 324 g/mol. The van der Waals surface area contributed by atoms with Gasteiger partial charge in [-0.25, -0.2) is 4.98 Å². The molecule has 0 N–H and O–H groups in total. The van der Waals surface area contributed by atoms with E-state index in [1.807, 2.05) is 42.5 Å². The Balaban J connectivity index is 1.39. The normalized spacial score (nSPS) is 15.8. The van der Waals surface area contributed by atoms with Crippen molar-refractivity contribution in [2.75, 3.05) is 38.2 Å². The van der Waals surface area contributed by atoms with Crippen LogP contribution < -0.4 is 9.64 Å². The molecule has 0 atom stereocenters. The molecular formula is C18H20N4O2. The Labute approximate surface area is 140 Å². The molecule has 1 aliphatic heterocycles. The number of methoxy groups -OCH3 is 1. The van der Waals surface area contributed by atoms with E-state index in [9.17, 15) is 0 Å². The second-order valence-corrected chi connectivity index (χ2v) is 5.90. The second-order valence-electron chi connectivity index (χ2n) is 5.90. The van der Waals surface area contributed by atoms with Gasteiger partial charge < -0.3 is 14.1 Å². The van der Waals surface area contributed by atoms with Gasteiger partial charge in [0.05, 0.1) is 12.8 Å². The molecule has 24 heavy (non-hydrogen) atoms. The minimum absolute atomic E-state index is 0.664. The van der Waals surface area contributed by atoms with Gasteiger partial charge >= 0.3 is 0 Å². The Hall–Kier alpha value is -2.60. The van der Waals surface area contributed by atoms with Gasteiger partial charge in [-0.3, -0.25) is 4.90 Å². The van der Waals surface area contributed by atoms with Crippen LogP contribution in [0.25, 0.3) is 11.1 Å². The van der Waals surface area contributed by atoms with Gasteiger partial charge in [0.25, 0.3) is 6.01 Å². The van der Waals surface area contributed by atoms with Crippen molar-refractivity contribution in [3.05, 3.63) is 48.2 Å². The zero-order valence-electron chi connectivity index (χ0n) is 13.7. The molecular weight excluding hydrogens is 304 g/mol. The topological polar surface area (TPSA) is 54.6 Å². The maximum Gasteiger partial charge on any atom is 0.298 e. The Morgan fingerprint density at radius 2 is 1.83 bits per heavy atom. The molecule has 2 aromatic heterocycles. The minimum Gasteiger partial charge on any atom is -0.481 e. The molecule has 6 nitrogen and oxygen atoms in total. The lowest BCUT2D eigenvalue weighted by molar-refractivity contribution is 0.242. The van der Waals surface area contributed by atoms with Gasteiger partial charge in [0.1, 0.15) is 5.52 Å². The van der Waals surface area contributed by atoms with Crippen LogP contribution in [0.15, 0.2) is 46.9 Å². The summed E-state index contributed by atoms with van der Waals surface area (Å²) in [6, 6.07) is 14.5. The number of aromatic nitrogens is 2. The van der Waals surface area contributed by atoms with Crippen LogP contribution in [0.3, 0.4) is 0 Å². The van der Waals surface area contributed by atoms with Gasteiger partial charge in [0, 0.05) is 38.8 Å². The molecule has 1 fully saturated rings. The summed E-state index contributed by atoms with van der Waals surface area (Å²) < 4.78 is 11.0. The summed E-state index contributed by atoms with van der Waals surface area (Å²) in [4.78, 5) is 13.7. The molecule has 0 spiro atoms. The summed E-state index contributed by atoms with van der Waals surface area (Å²) in [5, 5.41) is 0. The number of pyridine rings is 1. The molecule has 4 rings (SSSR count). The number of piperazine rings is 1. The standard InChI is InChI=1S/C18H20N4O2/c1-23-17-8-4-5-14(19-17)13-21-9-11-22(12-10-21)18-20-15-6-2-3-7-16(15)24-18/h2-8H,9-13H2,1H3. The zero-order valence-corrected chi connectivity index (χ0v) is 13.7. The van der Waals surface area contributed by atoms with Crippen molar-refractivity contribution in [2.45, 2.75) is 6.54 Å². The lowest BCUT2D eigenvalue weighted by Gasteiger charge is -2.33. The van der Waals surface area contributed by atoms with Crippen molar-refractivity contribution in [2.24, 2.45) is 0 Å².